The average molecular weight is 354 g/mol. The van der Waals surface area contributed by atoms with Gasteiger partial charge < -0.3 is 14.6 Å². The SMILES string of the molecule is CCCCCCCCCCCCC(C(=O)OCC)C1=CC(=O)OC1O. The number of hydrogen-bond acceptors (Lipinski definition) is 5. The van der Waals surface area contributed by atoms with Gasteiger partial charge in [-0.3, -0.25) is 4.79 Å². The van der Waals surface area contributed by atoms with Crippen molar-refractivity contribution in [2.75, 3.05) is 6.61 Å². The number of esters is 2. The summed E-state index contributed by atoms with van der Waals surface area (Å²) >= 11 is 0. The first-order valence-corrected chi connectivity index (χ1v) is 9.86. The number of cyclic esters (lactones) is 1. The third kappa shape index (κ3) is 8.52. The van der Waals surface area contributed by atoms with Crippen molar-refractivity contribution in [1.82, 2.24) is 0 Å². The van der Waals surface area contributed by atoms with Crippen molar-refractivity contribution < 1.29 is 24.2 Å². The Bertz CT molecular complexity index is 430. The molecule has 1 N–H and O–H groups in total. The summed E-state index contributed by atoms with van der Waals surface area (Å²) in [5.74, 6) is -1.57. The predicted octanol–water partition coefficient (Wildman–Crippen LogP) is 4.28. The van der Waals surface area contributed by atoms with Crippen molar-refractivity contribution >= 4 is 11.9 Å². The average Bonchev–Trinajstić information content (AvgIpc) is 2.91. The summed E-state index contributed by atoms with van der Waals surface area (Å²) in [7, 11) is 0. The summed E-state index contributed by atoms with van der Waals surface area (Å²) in [4.78, 5) is 23.4. The van der Waals surface area contributed by atoms with Crippen LogP contribution in [-0.2, 0) is 19.1 Å². The number of aliphatic hydroxyl groups is 1. The molecule has 0 bridgehead atoms. The fourth-order valence-electron chi connectivity index (χ4n) is 3.19. The molecule has 5 nitrogen and oxygen atoms in total. The Kier molecular flexibility index (Phi) is 11.2. The van der Waals surface area contributed by atoms with Gasteiger partial charge in [-0.2, -0.15) is 0 Å². The molecular weight excluding hydrogens is 320 g/mol. The number of aliphatic hydroxyl groups excluding tert-OH is 1. The fourth-order valence-corrected chi connectivity index (χ4v) is 3.19. The molecule has 1 heterocycles. The second kappa shape index (κ2) is 12.9. The van der Waals surface area contributed by atoms with Gasteiger partial charge in [0, 0.05) is 11.6 Å². The minimum Gasteiger partial charge on any atom is -0.466 e. The summed E-state index contributed by atoms with van der Waals surface area (Å²) in [5, 5.41) is 9.79. The van der Waals surface area contributed by atoms with E-state index < -0.39 is 18.2 Å². The molecule has 25 heavy (non-hydrogen) atoms. The first-order chi connectivity index (χ1) is 12.1. The van der Waals surface area contributed by atoms with Gasteiger partial charge in [-0.1, -0.05) is 71.1 Å². The molecule has 144 valence electrons. The molecule has 1 aliphatic heterocycles. The Morgan fingerprint density at radius 2 is 1.64 bits per heavy atom. The Balaban J connectivity index is 2.26. The zero-order chi connectivity index (χ0) is 18.5. The minimum absolute atomic E-state index is 0.283. The Labute approximate surface area is 151 Å². The van der Waals surface area contributed by atoms with Gasteiger partial charge in [0.2, 0.25) is 6.29 Å². The van der Waals surface area contributed by atoms with E-state index in [4.69, 9.17) is 9.47 Å². The van der Waals surface area contributed by atoms with Crippen LogP contribution in [0.25, 0.3) is 0 Å². The van der Waals surface area contributed by atoms with E-state index in [-0.39, 0.29) is 12.6 Å². The van der Waals surface area contributed by atoms with Crippen LogP contribution in [0.2, 0.25) is 0 Å². The van der Waals surface area contributed by atoms with Gasteiger partial charge in [0.25, 0.3) is 0 Å². The van der Waals surface area contributed by atoms with Gasteiger partial charge in [-0.15, -0.1) is 0 Å². The van der Waals surface area contributed by atoms with E-state index >= 15 is 0 Å². The van der Waals surface area contributed by atoms with Crippen molar-refractivity contribution in [1.29, 1.82) is 0 Å². The molecular formula is C20H34O5. The van der Waals surface area contributed by atoms with Gasteiger partial charge in [0.05, 0.1) is 12.5 Å². The molecule has 0 radical (unpaired) electrons. The predicted molar refractivity (Wildman–Crippen MR) is 96.8 cm³/mol. The lowest BCUT2D eigenvalue weighted by Gasteiger charge is -2.18. The van der Waals surface area contributed by atoms with Crippen LogP contribution in [0, 0.1) is 5.92 Å². The number of unbranched alkanes of at least 4 members (excludes halogenated alkanes) is 9. The van der Waals surface area contributed by atoms with Crippen molar-refractivity contribution in [3.63, 3.8) is 0 Å². The number of carbonyl (C=O) groups is 2. The smallest absolute Gasteiger partial charge is 0.333 e. The zero-order valence-electron chi connectivity index (χ0n) is 15.8. The van der Waals surface area contributed by atoms with Gasteiger partial charge >= 0.3 is 11.9 Å². The highest BCUT2D eigenvalue weighted by Crippen LogP contribution is 2.28. The van der Waals surface area contributed by atoms with E-state index in [0.29, 0.717) is 12.0 Å². The lowest BCUT2D eigenvalue weighted by molar-refractivity contribution is -0.155. The van der Waals surface area contributed by atoms with Crippen LogP contribution in [0.15, 0.2) is 11.6 Å². The molecule has 0 fully saturated rings. The normalized spacial score (nSPS) is 18.0. The van der Waals surface area contributed by atoms with Gasteiger partial charge in [0.1, 0.15) is 0 Å². The molecule has 2 unspecified atom stereocenters. The molecule has 0 aromatic rings. The van der Waals surface area contributed by atoms with E-state index in [1.807, 2.05) is 0 Å². The second-order valence-electron chi connectivity index (χ2n) is 6.71. The molecule has 1 aliphatic rings. The third-order valence-corrected chi connectivity index (χ3v) is 4.62. The van der Waals surface area contributed by atoms with Gasteiger partial charge in [0.15, 0.2) is 0 Å². The van der Waals surface area contributed by atoms with Crippen molar-refractivity contribution in [2.45, 2.75) is 90.8 Å². The fraction of sp³-hybridized carbons (Fsp3) is 0.800. The highest BCUT2D eigenvalue weighted by Gasteiger charge is 2.34. The summed E-state index contributed by atoms with van der Waals surface area (Å²) in [6, 6.07) is 0. The molecule has 2 atom stereocenters. The van der Waals surface area contributed by atoms with Crippen LogP contribution in [-0.4, -0.2) is 29.9 Å². The monoisotopic (exact) mass is 354 g/mol. The van der Waals surface area contributed by atoms with Crippen molar-refractivity contribution in [3.05, 3.63) is 11.6 Å². The molecule has 0 aromatic heterocycles. The first kappa shape index (κ1) is 21.7. The topological polar surface area (TPSA) is 72.8 Å². The lowest BCUT2D eigenvalue weighted by Crippen LogP contribution is -2.25. The standard InChI is InChI=1S/C20H34O5/c1-3-5-6-7-8-9-10-11-12-13-14-16(19(22)24-4-2)17-15-18(21)25-20(17)23/h15-16,20,23H,3-14H2,1-2H3. The number of hydrogen-bond donors (Lipinski definition) is 1. The number of ether oxygens (including phenoxy) is 2. The van der Waals surface area contributed by atoms with Crippen LogP contribution in [0.4, 0.5) is 0 Å². The second-order valence-corrected chi connectivity index (χ2v) is 6.71. The number of carbonyl (C=O) groups excluding carboxylic acids is 2. The van der Waals surface area contributed by atoms with Crippen LogP contribution in [0.5, 0.6) is 0 Å². The van der Waals surface area contributed by atoms with E-state index in [9.17, 15) is 14.7 Å². The maximum atomic E-state index is 12.1. The maximum absolute atomic E-state index is 12.1. The highest BCUT2D eigenvalue weighted by molar-refractivity contribution is 5.88. The highest BCUT2D eigenvalue weighted by atomic mass is 16.6. The quantitative estimate of drug-likeness (QED) is 0.372. The molecule has 1 rings (SSSR count). The Hall–Kier alpha value is -1.36. The molecule has 5 heteroatoms. The molecule has 0 spiro atoms. The molecule has 0 aromatic carbocycles. The zero-order valence-corrected chi connectivity index (χ0v) is 15.8. The van der Waals surface area contributed by atoms with Gasteiger partial charge in [-0.25, -0.2) is 4.79 Å². The Morgan fingerprint density at radius 1 is 1.08 bits per heavy atom. The van der Waals surface area contributed by atoms with E-state index in [0.717, 1.165) is 19.3 Å². The van der Waals surface area contributed by atoms with Crippen molar-refractivity contribution in [3.8, 4) is 0 Å². The van der Waals surface area contributed by atoms with Crippen LogP contribution in [0.1, 0.15) is 84.5 Å². The van der Waals surface area contributed by atoms with E-state index in [1.165, 1.54) is 51.0 Å². The summed E-state index contributed by atoms with van der Waals surface area (Å²) < 4.78 is 9.78. The Morgan fingerprint density at radius 3 is 2.12 bits per heavy atom. The van der Waals surface area contributed by atoms with Crippen LogP contribution >= 0.6 is 0 Å². The maximum Gasteiger partial charge on any atom is 0.333 e. The van der Waals surface area contributed by atoms with E-state index in [1.54, 1.807) is 6.92 Å². The summed E-state index contributed by atoms with van der Waals surface area (Å²) in [6.45, 7) is 4.26. The van der Waals surface area contributed by atoms with Gasteiger partial charge in [-0.05, 0) is 13.3 Å². The van der Waals surface area contributed by atoms with E-state index in [2.05, 4.69) is 6.92 Å². The molecule has 0 aliphatic carbocycles. The largest absolute Gasteiger partial charge is 0.466 e. The number of rotatable bonds is 14. The third-order valence-electron chi connectivity index (χ3n) is 4.62. The van der Waals surface area contributed by atoms with Crippen LogP contribution < -0.4 is 0 Å². The molecule has 0 saturated carbocycles. The minimum atomic E-state index is -1.31. The molecule has 0 amide bonds. The van der Waals surface area contributed by atoms with Crippen LogP contribution in [0.3, 0.4) is 0 Å². The lowest BCUT2D eigenvalue weighted by atomic mass is 9.92. The summed E-state index contributed by atoms with van der Waals surface area (Å²) in [5.41, 5.74) is 0.333. The first-order valence-electron chi connectivity index (χ1n) is 9.86. The summed E-state index contributed by atoms with van der Waals surface area (Å²) in [6.07, 6.45) is 12.7. The molecule has 0 saturated heterocycles. The van der Waals surface area contributed by atoms with Crippen molar-refractivity contribution in [2.24, 2.45) is 5.92 Å².